The van der Waals surface area contributed by atoms with E-state index in [1.165, 1.54) is 10.4 Å². The fourth-order valence-electron chi connectivity index (χ4n) is 4.94. The van der Waals surface area contributed by atoms with E-state index in [1.54, 1.807) is 26.2 Å². The van der Waals surface area contributed by atoms with Gasteiger partial charge in [0.2, 0.25) is 10.0 Å². The van der Waals surface area contributed by atoms with Crippen molar-refractivity contribution in [3.05, 3.63) is 47.8 Å². The van der Waals surface area contributed by atoms with Crippen molar-refractivity contribution in [3.8, 4) is 0 Å². The molecule has 2 aliphatic heterocycles. The molecule has 2 saturated heterocycles. The Morgan fingerprint density at radius 1 is 0.974 bits per heavy atom. The standard InChI is InChI=1S/C26H32F2N6O3S/c1-17(2)38(35,36)34-6-4-33(5-7-34)26-18(3)25(24-22(28)12-19(27)13-23(24)31-26)30-20-14-21(16-29-15-20)32-8-10-37-11-9-32/h12-17H,4-11H2,1-3H3,(H,30,31). The molecule has 9 nitrogen and oxygen atoms in total. The Kier molecular flexibility index (Phi) is 7.38. The number of sulfonamides is 1. The summed E-state index contributed by atoms with van der Waals surface area (Å²) in [5.74, 6) is -0.870. The molecule has 0 atom stereocenters. The molecule has 38 heavy (non-hydrogen) atoms. The second-order valence-corrected chi connectivity index (χ2v) is 12.3. The lowest BCUT2D eigenvalue weighted by atomic mass is 10.1. The summed E-state index contributed by atoms with van der Waals surface area (Å²) in [5, 5.41) is 3.01. The summed E-state index contributed by atoms with van der Waals surface area (Å²) in [4.78, 5) is 13.2. The van der Waals surface area contributed by atoms with Gasteiger partial charge in [-0.3, -0.25) is 4.98 Å². The molecule has 0 spiro atoms. The van der Waals surface area contributed by atoms with Crippen LogP contribution in [0.1, 0.15) is 19.4 Å². The Balaban J connectivity index is 1.51. The van der Waals surface area contributed by atoms with E-state index in [-0.39, 0.29) is 10.9 Å². The number of fused-ring (bicyclic) bond motifs is 1. The van der Waals surface area contributed by atoms with Gasteiger partial charge < -0.3 is 19.9 Å². The summed E-state index contributed by atoms with van der Waals surface area (Å²) < 4.78 is 61.6. The van der Waals surface area contributed by atoms with Crippen molar-refractivity contribution in [1.29, 1.82) is 0 Å². The molecule has 12 heteroatoms. The number of piperazine rings is 1. The highest BCUT2D eigenvalue weighted by atomic mass is 32.2. The van der Waals surface area contributed by atoms with Gasteiger partial charge in [-0.15, -0.1) is 0 Å². The minimum atomic E-state index is -3.37. The highest BCUT2D eigenvalue weighted by Gasteiger charge is 2.31. The maximum Gasteiger partial charge on any atom is 0.216 e. The van der Waals surface area contributed by atoms with Crippen LogP contribution in [0.15, 0.2) is 30.6 Å². The van der Waals surface area contributed by atoms with Gasteiger partial charge in [-0.25, -0.2) is 22.2 Å². The monoisotopic (exact) mass is 546 g/mol. The van der Waals surface area contributed by atoms with Crippen LogP contribution in [0.5, 0.6) is 0 Å². The molecule has 2 fully saturated rings. The van der Waals surface area contributed by atoms with Crippen molar-refractivity contribution >= 4 is 43.8 Å². The summed E-state index contributed by atoms with van der Waals surface area (Å²) >= 11 is 0. The summed E-state index contributed by atoms with van der Waals surface area (Å²) in [7, 11) is -3.37. The number of morpholine rings is 1. The maximum absolute atomic E-state index is 15.1. The molecule has 2 aromatic heterocycles. The van der Waals surface area contributed by atoms with Gasteiger partial charge in [0, 0.05) is 57.0 Å². The van der Waals surface area contributed by atoms with E-state index in [1.807, 2.05) is 17.9 Å². The fourth-order valence-corrected chi connectivity index (χ4v) is 6.21. The van der Waals surface area contributed by atoms with Crippen LogP contribution in [0.4, 0.5) is 31.7 Å². The average Bonchev–Trinajstić information content (AvgIpc) is 2.90. The smallest absolute Gasteiger partial charge is 0.216 e. The first-order chi connectivity index (χ1) is 18.1. The topological polar surface area (TPSA) is 90.9 Å². The molecular formula is C26H32F2N6O3S. The number of anilines is 4. The number of nitrogens with one attached hydrogen (secondary N) is 1. The fraction of sp³-hybridized carbons (Fsp3) is 0.462. The number of aromatic nitrogens is 2. The van der Waals surface area contributed by atoms with Gasteiger partial charge in [0.25, 0.3) is 0 Å². The molecule has 1 N–H and O–H groups in total. The molecule has 204 valence electrons. The van der Waals surface area contributed by atoms with Crippen molar-refractivity contribution in [2.75, 3.05) is 67.6 Å². The van der Waals surface area contributed by atoms with Gasteiger partial charge in [0.1, 0.15) is 17.5 Å². The molecular weight excluding hydrogens is 514 g/mol. The van der Waals surface area contributed by atoms with E-state index >= 15 is 4.39 Å². The Hall–Kier alpha value is -3.09. The molecule has 0 saturated carbocycles. The SMILES string of the molecule is Cc1c(N2CCN(S(=O)(=O)C(C)C)CC2)nc2cc(F)cc(F)c2c1Nc1cncc(N2CCOCC2)c1. The number of rotatable bonds is 6. The molecule has 0 amide bonds. The zero-order valence-electron chi connectivity index (χ0n) is 21.7. The number of benzene rings is 1. The molecule has 0 radical (unpaired) electrons. The molecule has 3 aromatic rings. The molecule has 5 rings (SSSR count). The molecule has 0 unspecified atom stereocenters. The van der Waals surface area contributed by atoms with E-state index in [0.717, 1.165) is 24.8 Å². The normalized spacial score (nSPS) is 17.4. The van der Waals surface area contributed by atoms with E-state index in [4.69, 9.17) is 4.74 Å². The largest absolute Gasteiger partial charge is 0.378 e. The van der Waals surface area contributed by atoms with Crippen LogP contribution >= 0.6 is 0 Å². The first-order valence-corrected chi connectivity index (χ1v) is 14.2. The summed E-state index contributed by atoms with van der Waals surface area (Å²) in [6.45, 7) is 9.39. The molecule has 0 bridgehead atoms. The van der Waals surface area contributed by atoms with Crippen molar-refractivity contribution in [2.24, 2.45) is 0 Å². The Morgan fingerprint density at radius 2 is 1.68 bits per heavy atom. The van der Waals surface area contributed by atoms with Gasteiger partial charge in [-0.1, -0.05) is 0 Å². The van der Waals surface area contributed by atoms with Gasteiger partial charge in [0.15, 0.2) is 0 Å². The van der Waals surface area contributed by atoms with Crippen molar-refractivity contribution in [2.45, 2.75) is 26.0 Å². The highest BCUT2D eigenvalue weighted by molar-refractivity contribution is 7.89. The predicted molar refractivity (Wildman–Crippen MR) is 145 cm³/mol. The van der Waals surface area contributed by atoms with Crippen molar-refractivity contribution in [3.63, 3.8) is 0 Å². The lowest BCUT2D eigenvalue weighted by Gasteiger charge is -2.36. The highest BCUT2D eigenvalue weighted by Crippen LogP contribution is 2.37. The lowest BCUT2D eigenvalue weighted by molar-refractivity contribution is 0.122. The van der Waals surface area contributed by atoms with Crippen LogP contribution < -0.4 is 15.1 Å². The number of halogens is 2. The maximum atomic E-state index is 15.1. The van der Waals surface area contributed by atoms with Gasteiger partial charge >= 0.3 is 0 Å². The van der Waals surface area contributed by atoms with Crippen LogP contribution in [0.3, 0.4) is 0 Å². The van der Waals surface area contributed by atoms with E-state index in [9.17, 15) is 12.8 Å². The first kappa shape index (κ1) is 26.5. The third-order valence-electron chi connectivity index (χ3n) is 7.08. The second kappa shape index (κ2) is 10.6. The molecule has 4 heterocycles. The quantitative estimate of drug-likeness (QED) is 0.501. The average molecular weight is 547 g/mol. The van der Waals surface area contributed by atoms with Gasteiger partial charge in [-0.05, 0) is 26.8 Å². The minimum Gasteiger partial charge on any atom is -0.378 e. The Labute approximate surface area is 221 Å². The van der Waals surface area contributed by atoms with E-state index in [2.05, 4.69) is 20.2 Å². The third kappa shape index (κ3) is 5.12. The summed E-state index contributed by atoms with van der Waals surface area (Å²) in [6.07, 6.45) is 3.44. The Bertz CT molecular complexity index is 1440. The number of ether oxygens (including phenoxy) is 1. The van der Waals surface area contributed by atoms with Crippen LogP contribution in [-0.4, -0.2) is 80.4 Å². The summed E-state index contributed by atoms with van der Waals surface area (Å²) in [5.41, 5.74) is 2.91. The Morgan fingerprint density at radius 3 is 2.37 bits per heavy atom. The second-order valence-electron chi connectivity index (χ2n) is 9.85. The van der Waals surface area contributed by atoms with Gasteiger partial charge in [0.05, 0.1) is 58.8 Å². The van der Waals surface area contributed by atoms with E-state index < -0.39 is 26.9 Å². The van der Waals surface area contributed by atoms with Gasteiger partial charge in [-0.2, -0.15) is 4.31 Å². The molecule has 0 aliphatic carbocycles. The summed E-state index contributed by atoms with van der Waals surface area (Å²) in [6, 6.07) is 4.02. The zero-order chi connectivity index (χ0) is 27.0. The van der Waals surface area contributed by atoms with E-state index in [0.29, 0.717) is 62.1 Å². The van der Waals surface area contributed by atoms with Crippen LogP contribution in [0.25, 0.3) is 10.9 Å². The van der Waals surface area contributed by atoms with Crippen LogP contribution in [-0.2, 0) is 14.8 Å². The zero-order valence-corrected chi connectivity index (χ0v) is 22.6. The number of pyridine rings is 2. The number of nitrogens with zero attached hydrogens (tertiary/aromatic N) is 5. The molecule has 2 aliphatic rings. The lowest BCUT2D eigenvalue weighted by Crippen LogP contribution is -2.50. The van der Waals surface area contributed by atoms with Crippen LogP contribution in [0.2, 0.25) is 0 Å². The number of hydrogen-bond acceptors (Lipinski definition) is 8. The number of hydrogen-bond donors (Lipinski definition) is 1. The third-order valence-corrected chi connectivity index (χ3v) is 9.36. The molecule has 1 aromatic carbocycles. The predicted octanol–water partition coefficient (Wildman–Crippen LogP) is 3.66. The van der Waals surface area contributed by atoms with Crippen molar-refractivity contribution < 1.29 is 21.9 Å². The minimum absolute atomic E-state index is 0.181. The van der Waals surface area contributed by atoms with Crippen LogP contribution in [0, 0.1) is 18.6 Å². The first-order valence-electron chi connectivity index (χ1n) is 12.7. The van der Waals surface area contributed by atoms with Crippen molar-refractivity contribution in [1.82, 2.24) is 14.3 Å².